The molecule has 3 rings (SSSR count). The Balaban J connectivity index is 1.96. The van der Waals surface area contributed by atoms with Crippen molar-refractivity contribution in [2.45, 2.75) is 31.8 Å². The molecule has 1 saturated heterocycles. The molecule has 22 heavy (non-hydrogen) atoms. The summed E-state index contributed by atoms with van der Waals surface area (Å²) in [5, 5.41) is 4.25. The zero-order valence-electron chi connectivity index (χ0n) is 12.3. The number of hydrogen-bond donors (Lipinski definition) is 1. The molecule has 3 nitrogen and oxygen atoms in total. The van der Waals surface area contributed by atoms with Gasteiger partial charge in [-0.1, -0.05) is 31.0 Å². The molecule has 0 unspecified atom stereocenters. The van der Waals surface area contributed by atoms with Gasteiger partial charge in [0, 0.05) is 17.6 Å². The summed E-state index contributed by atoms with van der Waals surface area (Å²) in [7, 11) is 0. The summed E-state index contributed by atoms with van der Waals surface area (Å²) >= 11 is 13.3. The van der Waals surface area contributed by atoms with E-state index >= 15 is 0 Å². The van der Waals surface area contributed by atoms with Gasteiger partial charge >= 0.3 is 0 Å². The normalized spacial score (nSPS) is 21.2. The molecule has 0 aromatic carbocycles. The number of aromatic nitrogens is 1. The fourth-order valence-electron chi connectivity index (χ4n) is 2.77. The molecule has 2 aromatic heterocycles. The maximum absolute atomic E-state index is 6.15. The standard InChI is InChI=1S/C16H18ClN3S2/c1-2-3-10-20-15(12-7-8-13(17)22-12)14(19-16(20)21)11-6-4-5-9-18-11/h4-9,14-15H,2-3,10H2,1H3,(H,19,21)/t14-,15-/m1/s1. The molecule has 6 heteroatoms. The SMILES string of the molecule is CCCCN1C(=S)N[C@H](c2ccccn2)[C@H]1c1ccc(Cl)s1. The monoisotopic (exact) mass is 351 g/mol. The van der Waals surface area contributed by atoms with Crippen molar-refractivity contribution >= 4 is 40.3 Å². The molecule has 0 radical (unpaired) electrons. The zero-order chi connectivity index (χ0) is 15.5. The Morgan fingerprint density at radius 3 is 2.86 bits per heavy atom. The van der Waals surface area contributed by atoms with E-state index < -0.39 is 0 Å². The first-order valence-electron chi connectivity index (χ1n) is 7.44. The molecule has 0 spiro atoms. The lowest BCUT2D eigenvalue weighted by molar-refractivity contribution is 0.317. The average Bonchev–Trinajstić information content (AvgIpc) is 3.09. The first-order chi connectivity index (χ1) is 10.7. The van der Waals surface area contributed by atoms with Crippen LogP contribution in [0.15, 0.2) is 36.5 Å². The van der Waals surface area contributed by atoms with Crippen molar-refractivity contribution in [3.8, 4) is 0 Å². The lowest BCUT2D eigenvalue weighted by Gasteiger charge is -2.26. The second-order valence-corrected chi connectivity index (χ2v) is 7.45. The van der Waals surface area contributed by atoms with Gasteiger partial charge in [0.1, 0.15) is 0 Å². The number of unbranched alkanes of at least 4 members (excludes halogenated alkanes) is 1. The molecular weight excluding hydrogens is 334 g/mol. The topological polar surface area (TPSA) is 28.2 Å². The molecule has 116 valence electrons. The van der Waals surface area contributed by atoms with Gasteiger partial charge < -0.3 is 10.2 Å². The Labute approximate surface area is 145 Å². The van der Waals surface area contributed by atoms with E-state index in [2.05, 4.69) is 28.2 Å². The van der Waals surface area contributed by atoms with Crippen molar-refractivity contribution in [1.82, 2.24) is 15.2 Å². The Hall–Kier alpha value is -1.17. The highest BCUT2D eigenvalue weighted by Crippen LogP contribution is 2.42. The van der Waals surface area contributed by atoms with Crippen molar-refractivity contribution in [2.24, 2.45) is 0 Å². The van der Waals surface area contributed by atoms with Gasteiger partial charge in [-0.15, -0.1) is 11.3 Å². The smallest absolute Gasteiger partial charge is 0.170 e. The number of hydrogen-bond acceptors (Lipinski definition) is 3. The lowest BCUT2D eigenvalue weighted by Crippen LogP contribution is -2.30. The van der Waals surface area contributed by atoms with Crippen LogP contribution in [0.4, 0.5) is 0 Å². The second kappa shape index (κ2) is 6.94. The number of thiocarbonyl (C=S) groups is 1. The van der Waals surface area contributed by atoms with E-state index in [-0.39, 0.29) is 12.1 Å². The van der Waals surface area contributed by atoms with E-state index in [1.807, 2.05) is 30.5 Å². The average molecular weight is 352 g/mol. The van der Waals surface area contributed by atoms with Crippen LogP contribution in [0.5, 0.6) is 0 Å². The van der Waals surface area contributed by atoms with Crippen LogP contribution in [-0.4, -0.2) is 21.5 Å². The van der Waals surface area contributed by atoms with E-state index in [1.54, 1.807) is 11.3 Å². The van der Waals surface area contributed by atoms with Crippen LogP contribution in [0.2, 0.25) is 4.34 Å². The van der Waals surface area contributed by atoms with Gasteiger partial charge in [0.15, 0.2) is 5.11 Å². The number of rotatable bonds is 5. The minimum Gasteiger partial charge on any atom is -0.352 e. The van der Waals surface area contributed by atoms with Crippen LogP contribution in [0.3, 0.4) is 0 Å². The van der Waals surface area contributed by atoms with Gasteiger partial charge in [-0.05, 0) is 42.9 Å². The molecule has 0 amide bonds. The lowest BCUT2D eigenvalue weighted by atomic mass is 10.0. The maximum Gasteiger partial charge on any atom is 0.170 e. The summed E-state index contributed by atoms with van der Waals surface area (Å²) < 4.78 is 0.808. The van der Waals surface area contributed by atoms with Gasteiger partial charge in [-0.2, -0.15) is 0 Å². The van der Waals surface area contributed by atoms with E-state index in [1.165, 1.54) is 4.88 Å². The van der Waals surface area contributed by atoms with Crippen molar-refractivity contribution in [3.05, 3.63) is 51.4 Å². The van der Waals surface area contributed by atoms with Crippen LogP contribution < -0.4 is 5.32 Å². The second-order valence-electron chi connectivity index (χ2n) is 5.32. The Bertz CT molecular complexity index is 644. The van der Waals surface area contributed by atoms with Gasteiger partial charge in [-0.3, -0.25) is 4.98 Å². The van der Waals surface area contributed by atoms with E-state index in [0.717, 1.165) is 34.5 Å². The molecule has 1 N–H and O–H groups in total. The molecule has 1 fully saturated rings. The number of nitrogens with zero attached hydrogens (tertiary/aromatic N) is 2. The van der Waals surface area contributed by atoms with Crippen LogP contribution in [0.1, 0.15) is 42.4 Å². The molecule has 1 aliphatic rings. The van der Waals surface area contributed by atoms with E-state index in [9.17, 15) is 0 Å². The number of halogens is 1. The van der Waals surface area contributed by atoms with Gasteiger partial charge in [0.05, 0.1) is 22.1 Å². The van der Waals surface area contributed by atoms with Crippen molar-refractivity contribution in [1.29, 1.82) is 0 Å². The number of nitrogens with one attached hydrogen (secondary N) is 1. The maximum atomic E-state index is 6.15. The molecule has 0 saturated carbocycles. The summed E-state index contributed by atoms with van der Waals surface area (Å²) in [4.78, 5) is 8.02. The highest BCUT2D eigenvalue weighted by atomic mass is 35.5. The largest absolute Gasteiger partial charge is 0.352 e. The van der Waals surface area contributed by atoms with E-state index in [0.29, 0.717) is 0 Å². The predicted octanol–water partition coefficient (Wildman–Crippen LogP) is 4.57. The minimum absolute atomic E-state index is 0.0697. The quantitative estimate of drug-likeness (QED) is 0.799. The third kappa shape index (κ3) is 3.12. The summed E-state index contributed by atoms with van der Waals surface area (Å²) in [6.07, 6.45) is 4.09. The fourth-order valence-corrected chi connectivity index (χ4v) is 4.31. The summed E-state index contributed by atoms with van der Waals surface area (Å²) in [5.74, 6) is 0. The van der Waals surface area contributed by atoms with Crippen LogP contribution >= 0.6 is 35.2 Å². The molecule has 2 atom stereocenters. The summed E-state index contributed by atoms with van der Waals surface area (Å²) in [6, 6.07) is 10.3. The summed E-state index contributed by atoms with van der Waals surface area (Å²) in [5.41, 5.74) is 1.01. The predicted molar refractivity (Wildman–Crippen MR) is 96.4 cm³/mol. The Morgan fingerprint density at radius 2 is 2.23 bits per heavy atom. The first kappa shape index (κ1) is 15.7. The van der Waals surface area contributed by atoms with E-state index in [4.69, 9.17) is 23.8 Å². The van der Waals surface area contributed by atoms with Crippen molar-refractivity contribution in [2.75, 3.05) is 6.54 Å². The fraction of sp³-hybridized carbons (Fsp3) is 0.375. The third-order valence-corrected chi connectivity index (χ3v) is 5.49. The molecule has 1 aliphatic heterocycles. The van der Waals surface area contributed by atoms with Crippen molar-refractivity contribution in [3.63, 3.8) is 0 Å². The minimum atomic E-state index is 0.0697. The van der Waals surface area contributed by atoms with Gasteiger partial charge in [0.2, 0.25) is 0 Å². The van der Waals surface area contributed by atoms with Crippen LogP contribution in [-0.2, 0) is 0 Å². The third-order valence-electron chi connectivity index (χ3n) is 3.84. The first-order valence-corrected chi connectivity index (χ1v) is 9.04. The molecule has 2 aromatic rings. The van der Waals surface area contributed by atoms with Crippen LogP contribution in [0, 0.1) is 0 Å². The molecule has 0 bridgehead atoms. The number of pyridine rings is 1. The highest BCUT2D eigenvalue weighted by molar-refractivity contribution is 7.80. The van der Waals surface area contributed by atoms with Gasteiger partial charge in [0.25, 0.3) is 0 Å². The number of thiophene rings is 1. The Kier molecular flexibility index (Phi) is 4.96. The van der Waals surface area contributed by atoms with Crippen molar-refractivity contribution < 1.29 is 0 Å². The summed E-state index contributed by atoms with van der Waals surface area (Å²) in [6.45, 7) is 3.14. The van der Waals surface area contributed by atoms with Crippen LogP contribution in [0.25, 0.3) is 0 Å². The molecule has 3 heterocycles. The Morgan fingerprint density at radius 1 is 1.36 bits per heavy atom. The molecule has 0 aliphatic carbocycles. The molecular formula is C16H18ClN3S2. The zero-order valence-corrected chi connectivity index (χ0v) is 14.7. The highest BCUT2D eigenvalue weighted by Gasteiger charge is 2.40. The van der Waals surface area contributed by atoms with Gasteiger partial charge in [-0.25, -0.2) is 0 Å².